The van der Waals surface area contributed by atoms with Crippen LogP contribution < -0.4 is 10.6 Å². The number of oxazole rings is 1. The number of benzene rings is 1. The molecular weight excluding hydrogens is 246 g/mol. The summed E-state index contributed by atoms with van der Waals surface area (Å²) in [5, 5.41) is 0. The summed E-state index contributed by atoms with van der Waals surface area (Å²) in [7, 11) is 0. The fourth-order valence-corrected chi connectivity index (χ4v) is 1.83. The van der Waals surface area contributed by atoms with E-state index in [9.17, 15) is 0 Å². The second-order valence-corrected chi connectivity index (χ2v) is 4.78. The van der Waals surface area contributed by atoms with E-state index in [-0.39, 0.29) is 5.92 Å². The molecule has 4 nitrogen and oxygen atoms in total. The zero-order valence-electron chi connectivity index (χ0n) is 10.6. The van der Waals surface area contributed by atoms with Crippen molar-refractivity contribution in [1.82, 2.24) is 4.98 Å². The Morgan fingerprint density at radius 1 is 1.50 bits per heavy atom. The van der Waals surface area contributed by atoms with Crippen molar-refractivity contribution in [2.45, 2.75) is 13.8 Å². The van der Waals surface area contributed by atoms with Crippen LogP contribution >= 0.6 is 12.2 Å². The number of fused-ring (bicyclic) bond motifs is 1. The number of para-hydroxylation sites is 2. The standard InChI is InChI=1S/C13H17N3OS/c1-3-16(8-9(2)12(14)18)13-15-10-6-4-5-7-11(10)17-13/h4-7,9H,3,8H2,1-2H3,(H2,14,18). The van der Waals surface area contributed by atoms with E-state index in [0.29, 0.717) is 11.0 Å². The normalized spacial score (nSPS) is 12.6. The lowest BCUT2D eigenvalue weighted by Gasteiger charge is -2.21. The number of thiocarbonyl (C=S) groups is 1. The summed E-state index contributed by atoms with van der Waals surface area (Å²) in [5.74, 6) is 0.134. The van der Waals surface area contributed by atoms with Crippen LogP contribution in [0.3, 0.4) is 0 Å². The van der Waals surface area contributed by atoms with Crippen LogP contribution in [-0.2, 0) is 0 Å². The van der Waals surface area contributed by atoms with Crippen molar-refractivity contribution in [3.8, 4) is 0 Å². The highest BCUT2D eigenvalue weighted by atomic mass is 32.1. The van der Waals surface area contributed by atoms with Crippen LogP contribution in [0.25, 0.3) is 11.1 Å². The van der Waals surface area contributed by atoms with Gasteiger partial charge in [0.15, 0.2) is 5.58 Å². The van der Waals surface area contributed by atoms with Crippen LogP contribution in [0.4, 0.5) is 6.01 Å². The molecule has 0 saturated carbocycles. The summed E-state index contributed by atoms with van der Waals surface area (Å²) in [6.07, 6.45) is 0. The molecule has 0 aliphatic heterocycles. The van der Waals surface area contributed by atoms with Crippen molar-refractivity contribution in [2.75, 3.05) is 18.0 Å². The highest BCUT2D eigenvalue weighted by Gasteiger charge is 2.16. The fourth-order valence-electron chi connectivity index (χ4n) is 1.76. The van der Waals surface area contributed by atoms with Gasteiger partial charge in [0.05, 0.1) is 4.99 Å². The first-order valence-electron chi connectivity index (χ1n) is 6.01. The number of aromatic nitrogens is 1. The van der Waals surface area contributed by atoms with Gasteiger partial charge in [-0.1, -0.05) is 31.3 Å². The second-order valence-electron chi connectivity index (χ2n) is 4.31. The van der Waals surface area contributed by atoms with Gasteiger partial charge in [0.1, 0.15) is 5.52 Å². The summed E-state index contributed by atoms with van der Waals surface area (Å²) in [6, 6.07) is 8.36. The molecule has 2 N–H and O–H groups in total. The third-order valence-electron chi connectivity index (χ3n) is 2.91. The molecule has 0 radical (unpaired) electrons. The summed E-state index contributed by atoms with van der Waals surface area (Å²) in [5.41, 5.74) is 7.32. The molecule has 0 amide bonds. The number of anilines is 1. The number of nitrogens with two attached hydrogens (primary N) is 1. The van der Waals surface area contributed by atoms with E-state index in [1.54, 1.807) is 0 Å². The van der Waals surface area contributed by atoms with E-state index < -0.39 is 0 Å². The molecule has 0 spiro atoms. The van der Waals surface area contributed by atoms with Gasteiger partial charge in [-0.3, -0.25) is 0 Å². The molecule has 1 aromatic carbocycles. The average Bonchev–Trinajstić information content (AvgIpc) is 2.78. The largest absolute Gasteiger partial charge is 0.423 e. The van der Waals surface area contributed by atoms with Gasteiger partial charge in [-0.15, -0.1) is 0 Å². The van der Waals surface area contributed by atoms with Gasteiger partial charge in [0.2, 0.25) is 0 Å². The number of hydrogen-bond acceptors (Lipinski definition) is 4. The smallest absolute Gasteiger partial charge is 0.298 e. The van der Waals surface area contributed by atoms with Crippen LogP contribution in [-0.4, -0.2) is 23.1 Å². The van der Waals surface area contributed by atoms with Crippen LogP contribution in [0.15, 0.2) is 28.7 Å². The predicted molar refractivity (Wildman–Crippen MR) is 77.8 cm³/mol. The molecule has 18 heavy (non-hydrogen) atoms. The lowest BCUT2D eigenvalue weighted by Crippen LogP contribution is -2.34. The molecule has 1 atom stereocenters. The zero-order chi connectivity index (χ0) is 13.1. The number of nitrogens with zero attached hydrogens (tertiary/aromatic N) is 2. The molecule has 5 heteroatoms. The molecule has 0 saturated heterocycles. The minimum atomic E-state index is 0.134. The van der Waals surface area contributed by atoms with Gasteiger partial charge in [-0.2, -0.15) is 4.98 Å². The van der Waals surface area contributed by atoms with Crippen molar-refractivity contribution in [2.24, 2.45) is 11.7 Å². The maximum absolute atomic E-state index is 5.73. The molecule has 2 aromatic rings. The zero-order valence-corrected chi connectivity index (χ0v) is 11.4. The summed E-state index contributed by atoms with van der Waals surface area (Å²) in [4.78, 5) is 7.04. The van der Waals surface area contributed by atoms with Gasteiger partial charge in [0, 0.05) is 19.0 Å². The highest BCUT2D eigenvalue weighted by Crippen LogP contribution is 2.22. The molecule has 96 valence electrons. The van der Waals surface area contributed by atoms with Gasteiger partial charge < -0.3 is 15.1 Å². The number of hydrogen-bond donors (Lipinski definition) is 1. The van der Waals surface area contributed by atoms with Crippen molar-refractivity contribution >= 4 is 34.3 Å². The van der Waals surface area contributed by atoms with E-state index in [0.717, 1.165) is 24.2 Å². The van der Waals surface area contributed by atoms with Crippen LogP contribution in [0.1, 0.15) is 13.8 Å². The first-order chi connectivity index (χ1) is 8.61. The third-order valence-corrected chi connectivity index (χ3v) is 3.32. The molecule has 1 unspecified atom stereocenters. The van der Waals surface area contributed by atoms with Crippen molar-refractivity contribution < 1.29 is 4.42 Å². The summed E-state index contributed by atoms with van der Waals surface area (Å²) >= 11 is 5.00. The fraction of sp³-hybridized carbons (Fsp3) is 0.385. The first-order valence-corrected chi connectivity index (χ1v) is 6.42. The third kappa shape index (κ3) is 2.61. The molecule has 0 aliphatic rings. The van der Waals surface area contributed by atoms with Gasteiger partial charge in [-0.25, -0.2) is 0 Å². The Morgan fingerprint density at radius 2 is 2.22 bits per heavy atom. The Hall–Kier alpha value is -1.62. The Kier molecular flexibility index (Phi) is 3.81. The van der Waals surface area contributed by atoms with Crippen LogP contribution in [0.5, 0.6) is 0 Å². The van der Waals surface area contributed by atoms with Crippen molar-refractivity contribution in [1.29, 1.82) is 0 Å². The number of rotatable bonds is 5. The Bertz CT molecular complexity index is 519. The van der Waals surface area contributed by atoms with E-state index in [1.807, 2.05) is 36.1 Å². The Balaban J connectivity index is 2.24. The predicted octanol–water partition coefficient (Wildman–Crippen LogP) is 2.58. The van der Waals surface area contributed by atoms with E-state index in [2.05, 4.69) is 11.9 Å². The van der Waals surface area contributed by atoms with Crippen LogP contribution in [0.2, 0.25) is 0 Å². The molecule has 0 aliphatic carbocycles. The van der Waals surface area contributed by atoms with Gasteiger partial charge >= 0.3 is 0 Å². The molecule has 1 heterocycles. The summed E-state index contributed by atoms with van der Waals surface area (Å²) in [6.45, 7) is 5.59. The molecule has 0 fully saturated rings. The highest BCUT2D eigenvalue weighted by molar-refractivity contribution is 7.80. The van der Waals surface area contributed by atoms with E-state index in [4.69, 9.17) is 22.4 Å². The Morgan fingerprint density at radius 3 is 2.83 bits per heavy atom. The van der Waals surface area contributed by atoms with Gasteiger partial charge in [0.25, 0.3) is 6.01 Å². The average molecular weight is 263 g/mol. The molecule has 1 aromatic heterocycles. The maximum atomic E-state index is 5.73. The monoisotopic (exact) mass is 263 g/mol. The first kappa shape index (κ1) is 12.8. The molecular formula is C13H17N3OS. The van der Waals surface area contributed by atoms with Gasteiger partial charge in [-0.05, 0) is 19.1 Å². The summed E-state index contributed by atoms with van der Waals surface area (Å²) < 4.78 is 5.73. The topological polar surface area (TPSA) is 55.3 Å². The second kappa shape index (κ2) is 5.35. The minimum Gasteiger partial charge on any atom is -0.423 e. The van der Waals surface area contributed by atoms with Crippen molar-refractivity contribution in [3.63, 3.8) is 0 Å². The molecule has 0 bridgehead atoms. The molecule has 2 rings (SSSR count). The van der Waals surface area contributed by atoms with E-state index in [1.165, 1.54) is 0 Å². The Labute approximate surface area is 112 Å². The lowest BCUT2D eigenvalue weighted by molar-refractivity contribution is 0.556. The lowest BCUT2D eigenvalue weighted by atomic mass is 10.2. The van der Waals surface area contributed by atoms with Crippen LogP contribution in [0, 0.1) is 5.92 Å². The quantitative estimate of drug-likeness (QED) is 0.840. The maximum Gasteiger partial charge on any atom is 0.298 e. The minimum absolute atomic E-state index is 0.134. The SMILES string of the molecule is CCN(CC(C)C(N)=S)c1nc2ccccc2o1. The van der Waals surface area contributed by atoms with Crippen molar-refractivity contribution in [3.05, 3.63) is 24.3 Å². The van der Waals surface area contributed by atoms with E-state index >= 15 is 0 Å².